The van der Waals surface area contributed by atoms with E-state index in [0.717, 1.165) is 5.56 Å². The fraction of sp³-hybridized carbons (Fsp3) is 0.158. The molecule has 0 saturated carbocycles. The van der Waals surface area contributed by atoms with E-state index in [-0.39, 0.29) is 11.6 Å². The van der Waals surface area contributed by atoms with Crippen LogP contribution < -0.4 is 14.8 Å². The number of hydrogen-bond donors (Lipinski definition) is 1. The molecule has 0 radical (unpaired) electrons. The molecule has 0 fully saturated rings. The molecule has 0 aliphatic rings. The number of carbonyl (C=O) groups is 1. The second-order valence-corrected chi connectivity index (χ2v) is 6.63. The number of hydrogen-bond acceptors (Lipinski definition) is 7. The molecule has 0 spiro atoms. The lowest BCUT2D eigenvalue weighted by atomic mass is 10.1. The van der Waals surface area contributed by atoms with Crippen LogP contribution >= 0.6 is 11.3 Å². The summed E-state index contributed by atoms with van der Waals surface area (Å²) in [5.41, 5.74) is 1.36. The molecule has 9 heteroatoms. The highest BCUT2D eigenvalue weighted by Crippen LogP contribution is 2.27. The smallest absolute Gasteiger partial charge is 0.269 e. The van der Waals surface area contributed by atoms with Crippen LogP contribution in [0.5, 0.6) is 11.5 Å². The fourth-order valence-corrected chi connectivity index (χ4v) is 3.08. The van der Waals surface area contributed by atoms with Gasteiger partial charge in [-0.1, -0.05) is 6.07 Å². The zero-order valence-corrected chi connectivity index (χ0v) is 15.9. The maximum Gasteiger partial charge on any atom is 0.269 e. The van der Waals surface area contributed by atoms with Crippen LogP contribution in [-0.4, -0.2) is 29.0 Å². The van der Waals surface area contributed by atoms with Crippen molar-refractivity contribution in [3.8, 4) is 22.8 Å². The molecule has 1 aromatic heterocycles. The molecule has 0 aliphatic carbocycles. The maximum absolute atomic E-state index is 12.4. The standard InChI is InChI=1S/C19H17N3O5S/c1-12(27-16-5-3-4-15(10-16)26-2)18(23)21-19-20-17(11-28-19)13-6-8-14(9-7-13)22(24)25/h3-12H,1-2H3,(H,20,21,23). The van der Waals surface area contributed by atoms with E-state index in [4.69, 9.17) is 9.47 Å². The van der Waals surface area contributed by atoms with Gasteiger partial charge in [-0.25, -0.2) is 4.98 Å². The van der Waals surface area contributed by atoms with Gasteiger partial charge in [0.15, 0.2) is 11.2 Å². The molecular formula is C19H17N3O5S. The first kappa shape index (κ1) is 19.3. The van der Waals surface area contributed by atoms with E-state index in [9.17, 15) is 14.9 Å². The molecule has 28 heavy (non-hydrogen) atoms. The Labute approximate surface area is 164 Å². The number of anilines is 1. The van der Waals surface area contributed by atoms with Gasteiger partial charge in [0.1, 0.15) is 11.5 Å². The lowest BCUT2D eigenvalue weighted by Crippen LogP contribution is -2.30. The van der Waals surface area contributed by atoms with Crippen molar-refractivity contribution in [2.75, 3.05) is 12.4 Å². The Kier molecular flexibility index (Phi) is 5.85. The Balaban J connectivity index is 1.63. The van der Waals surface area contributed by atoms with Crippen molar-refractivity contribution in [1.82, 2.24) is 4.98 Å². The number of nitrogens with one attached hydrogen (secondary N) is 1. The number of benzene rings is 2. The summed E-state index contributed by atoms with van der Waals surface area (Å²) in [4.78, 5) is 27.0. The van der Waals surface area contributed by atoms with E-state index < -0.39 is 11.0 Å². The van der Waals surface area contributed by atoms with Gasteiger partial charge in [0.05, 0.1) is 17.7 Å². The van der Waals surface area contributed by atoms with Gasteiger partial charge in [-0.15, -0.1) is 11.3 Å². The highest BCUT2D eigenvalue weighted by Gasteiger charge is 2.17. The molecule has 3 aromatic rings. The lowest BCUT2D eigenvalue weighted by Gasteiger charge is -2.14. The number of ether oxygens (including phenoxy) is 2. The summed E-state index contributed by atoms with van der Waals surface area (Å²) in [6.07, 6.45) is -0.737. The first-order valence-corrected chi connectivity index (χ1v) is 9.16. The van der Waals surface area contributed by atoms with Crippen LogP contribution in [-0.2, 0) is 4.79 Å². The Bertz CT molecular complexity index is 987. The predicted molar refractivity (Wildman–Crippen MR) is 106 cm³/mol. The minimum Gasteiger partial charge on any atom is -0.497 e. The van der Waals surface area contributed by atoms with Crippen molar-refractivity contribution in [3.05, 3.63) is 64.0 Å². The summed E-state index contributed by atoms with van der Waals surface area (Å²) in [6.45, 7) is 1.64. The van der Waals surface area contributed by atoms with Crippen molar-refractivity contribution in [2.45, 2.75) is 13.0 Å². The van der Waals surface area contributed by atoms with Gasteiger partial charge in [-0.05, 0) is 31.2 Å². The average molecular weight is 399 g/mol. The number of non-ortho nitro benzene ring substituents is 1. The molecule has 1 heterocycles. The van der Waals surface area contributed by atoms with Crippen molar-refractivity contribution < 1.29 is 19.2 Å². The van der Waals surface area contributed by atoms with Crippen molar-refractivity contribution >= 4 is 28.1 Å². The zero-order chi connectivity index (χ0) is 20.1. The molecule has 2 aromatic carbocycles. The Morgan fingerprint density at radius 1 is 1.21 bits per heavy atom. The van der Waals surface area contributed by atoms with Crippen LogP contribution in [0.2, 0.25) is 0 Å². The summed E-state index contributed by atoms with van der Waals surface area (Å²) in [5, 5.41) is 15.6. The molecule has 1 N–H and O–H groups in total. The van der Waals surface area contributed by atoms with Crippen LogP contribution in [0.25, 0.3) is 11.3 Å². The van der Waals surface area contributed by atoms with Crippen molar-refractivity contribution in [1.29, 1.82) is 0 Å². The largest absolute Gasteiger partial charge is 0.497 e. The maximum atomic E-state index is 12.4. The van der Waals surface area contributed by atoms with Crippen LogP contribution in [0.4, 0.5) is 10.8 Å². The molecule has 0 bridgehead atoms. The molecule has 1 atom stereocenters. The minimum absolute atomic E-state index is 0.0102. The SMILES string of the molecule is COc1cccc(OC(C)C(=O)Nc2nc(-c3ccc([N+](=O)[O-])cc3)cs2)c1. The van der Waals surface area contributed by atoms with Crippen LogP contribution in [0.15, 0.2) is 53.9 Å². The van der Waals surface area contributed by atoms with Crippen LogP contribution in [0.1, 0.15) is 6.92 Å². The van der Waals surface area contributed by atoms with Crippen LogP contribution in [0.3, 0.4) is 0 Å². The summed E-state index contributed by atoms with van der Waals surface area (Å²) in [7, 11) is 1.56. The van der Waals surface area contributed by atoms with E-state index in [0.29, 0.717) is 22.3 Å². The third-order valence-corrected chi connectivity index (χ3v) is 4.59. The van der Waals surface area contributed by atoms with Gasteiger partial charge in [0.2, 0.25) is 0 Å². The third-order valence-electron chi connectivity index (χ3n) is 3.83. The molecule has 1 unspecified atom stereocenters. The number of nitro groups is 1. The Morgan fingerprint density at radius 3 is 2.61 bits per heavy atom. The number of rotatable bonds is 7. The zero-order valence-electron chi connectivity index (χ0n) is 15.1. The first-order chi connectivity index (χ1) is 13.5. The van der Waals surface area contributed by atoms with Gasteiger partial charge in [-0.3, -0.25) is 20.2 Å². The first-order valence-electron chi connectivity index (χ1n) is 8.28. The number of methoxy groups -OCH3 is 1. The predicted octanol–water partition coefficient (Wildman–Crippen LogP) is 4.13. The summed E-state index contributed by atoms with van der Waals surface area (Å²) in [6, 6.07) is 13.1. The van der Waals surface area contributed by atoms with Gasteiger partial charge >= 0.3 is 0 Å². The molecule has 8 nitrogen and oxygen atoms in total. The normalized spacial score (nSPS) is 11.5. The Morgan fingerprint density at radius 2 is 1.93 bits per heavy atom. The topological polar surface area (TPSA) is 104 Å². The number of amides is 1. The van der Waals surface area contributed by atoms with E-state index in [1.807, 2.05) is 0 Å². The summed E-state index contributed by atoms with van der Waals surface area (Å²) < 4.78 is 10.8. The quantitative estimate of drug-likeness (QED) is 0.473. The van der Waals surface area contributed by atoms with Gasteiger partial charge < -0.3 is 9.47 Å². The van der Waals surface area contributed by atoms with Gasteiger partial charge in [0.25, 0.3) is 11.6 Å². The van der Waals surface area contributed by atoms with E-state index >= 15 is 0 Å². The second kappa shape index (κ2) is 8.49. The molecule has 0 aliphatic heterocycles. The molecule has 1 amide bonds. The fourth-order valence-electron chi connectivity index (χ4n) is 2.36. The highest BCUT2D eigenvalue weighted by atomic mass is 32.1. The van der Waals surface area contributed by atoms with Gasteiger partial charge in [-0.2, -0.15) is 0 Å². The number of nitro benzene ring substituents is 1. The molecule has 144 valence electrons. The lowest BCUT2D eigenvalue weighted by molar-refractivity contribution is -0.384. The Hall–Kier alpha value is -3.46. The van der Waals surface area contributed by atoms with Crippen molar-refractivity contribution in [3.63, 3.8) is 0 Å². The average Bonchev–Trinajstić information content (AvgIpc) is 3.16. The summed E-state index contributed by atoms with van der Waals surface area (Å²) >= 11 is 1.26. The number of thiazole rings is 1. The van der Waals surface area contributed by atoms with E-state index in [2.05, 4.69) is 10.3 Å². The third kappa shape index (κ3) is 4.63. The van der Waals surface area contributed by atoms with Crippen molar-refractivity contribution in [2.24, 2.45) is 0 Å². The van der Waals surface area contributed by atoms with Crippen LogP contribution in [0, 0.1) is 10.1 Å². The monoisotopic (exact) mass is 399 g/mol. The second-order valence-electron chi connectivity index (χ2n) is 5.77. The molecular weight excluding hydrogens is 382 g/mol. The number of aromatic nitrogens is 1. The minimum atomic E-state index is -0.737. The highest BCUT2D eigenvalue weighted by molar-refractivity contribution is 7.14. The summed E-state index contributed by atoms with van der Waals surface area (Å²) in [5.74, 6) is 0.817. The molecule has 3 rings (SSSR count). The van der Waals surface area contributed by atoms with Gasteiger partial charge in [0, 0.05) is 29.1 Å². The van der Waals surface area contributed by atoms with E-state index in [1.54, 1.807) is 55.8 Å². The van der Waals surface area contributed by atoms with E-state index in [1.165, 1.54) is 23.5 Å². The molecule has 0 saturated heterocycles. The number of carbonyl (C=O) groups excluding carboxylic acids is 1. The number of nitrogens with zero attached hydrogens (tertiary/aromatic N) is 2.